The molecule has 1 aromatic carbocycles. The van der Waals surface area contributed by atoms with Crippen LogP contribution in [0.15, 0.2) is 12.1 Å². The third kappa shape index (κ3) is 4.95. The molecule has 1 aromatic rings. The molecular weight excluding hydrogens is 331 g/mol. The molecule has 0 amide bonds. The average molecular weight is 346 g/mol. The number of hydrogen-bond donors (Lipinski definition) is 0. The van der Waals surface area contributed by atoms with Crippen LogP contribution in [0.3, 0.4) is 0 Å². The van der Waals surface area contributed by atoms with E-state index in [-0.39, 0.29) is 11.7 Å². The number of hydrogen-bond acceptors (Lipinski definition) is 2. The molecule has 0 aromatic heterocycles. The van der Waals surface area contributed by atoms with Gasteiger partial charge in [0.05, 0.1) is 11.5 Å². The molecule has 0 radical (unpaired) electrons. The second kappa shape index (κ2) is 7.20. The summed E-state index contributed by atoms with van der Waals surface area (Å²) in [5.41, 5.74) is -1.02. The maximum Gasteiger partial charge on any atom is 0.458 e. The van der Waals surface area contributed by atoms with Crippen molar-refractivity contribution < 1.29 is 31.5 Å². The fourth-order valence-corrected chi connectivity index (χ4v) is 2.56. The zero-order valence-electron chi connectivity index (χ0n) is 12.8. The fraction of sp³-hybridized carbons (Fsp3) is 0.471. The van der Waals surface area contributed by atoms with Gasteiger partial charge < -0.3 is 4.74 Å². The second-order valence-corrected chi connectivity index (χ2v) is 5.89. The molecule has 7 heteroatoms. The third-order valence-electron chi connectivity index (χ3n) is 3.91. The van der Waals surface area contributed by atoms with Gasteiger partial charge in [0.2, 0.25) is 0 Å². The van der Waals surface area contributed by atoms with Crippen LogP contribution in [0.1, 0.15) is 38.2 Å². The van der Waals surface area contributed by atoms with Crippen LogP contribution in [0, 0.1) is 35.3 Å². The number of carbonyl (C=O) groups excluding carboxylic acids is 1. The van der Waals surface area contributed by atoms with Crippen LogP contribution in [-0.4, -0.2) is 12.1 Å². The standard InChI is InChI=1S/C17H15F5O2/c1-10-2-4-11(5-3-10)16(23)24-12-8-14(18)13(15(19)9-12)6-7-17(20,21)22/h8-11H,2-5H2,1H3. The number of rotatable bonds is 2. The number of carbonyl (C=O) groups is 1. The molecule has 2 rings (SSSR count). The maximum atomic E-state index is 13.7. The molecule has 0 N–H and O–H groups in total. The SMILES string of the molecule is CC1CCC(C(=O)Oc2cc(F)c(C#CC(F)(F)F)c(F)c2)CC1. The van der Waals surface area contributed by atoms with Gasteiger partial charge in [-0.1, -0.05) is 12.8 Å². The van der Waals surface area contributed by atoms with Crippen LogP contribution in [-0.2, 0) is 4.79 Å². The predicted octanol–water partition coefficient (Wildman–Crippen LogP) is 4.61. The van der Waals surface area contributed by atoms with Gasteiger partial charge >= 0.3 is 12.1 Å². The summed E-state index contributed by atoms with van der Waals surface area (Å²) >= 11 is 0. The summed E-state index contributed by atoms with van der Waals surface area (Å²) in [5, 5.41) is 0. The van der Waals surface area contributed by atoms with Crippen molar-refractivity contribution in [2.24, 2.45) is 11.8 Å². The molecular formula is C17H15F5O2. The first-order valence-electron chi connectivity index (χ1n) is 7.46. The second-order valence-electron chi connectivity index (χ2n) is 5.89. The Hall–Kier alpha value is -2.10. The summed E-state index contributed by atoms with van der Waals surface area (Å²) in [6.07, 6.45) is -1.84. The molecule has 0 spiro atoms. The van der Waals surface area contributed by atoms with Crippen LogP contribution in [0.4, 0.5) is 22.0 Å². The Morgan fingerprint density at radius 2 is 1.67 bits per heavy atom. The highest BCUT2D eigenvalue weighted by molar-refractivity contribution is 5.75. The van der Waals surface area contributed by atoms with Crippen molar-refractivity contribution in [2.45, 2.75) is 38.8 Å². The van der Waals surface area contributed by atoms with E-state index < -0.39 is 29.3 Å². The number of ether oxygens (including phenoxy) is 1. The average Bonchev–Trinajstić information content (AvgIpc) is 2.45. The minimum atomic E-state index is -4.86. The minimum Gasteiger partial charge on any atom is -0.426 e. The summed E-state index contributed by atoms with van der Waals surface area (Å²) < 4.78 is 68.4. The Kier molecular flexibility index (Phi) is 5.47. The van der Waals surface area contributed by atoms with Crippen LogP contribution >= 0.6 is 0 Å². The highest BCUT2D eigenvalue weighted by Gasteiger charge is 2.27. The molecule has 0 atom stereocenters. The van der Waals surface area contributed by atoms with Gasteiger partial charge in [0, 0.05) is 18.1 Å². The molecule has 0 bridgehead atoms. The lowest BCUT2D eigenvalue weighted by molar-refractivity contribution is -0.140. The molecule has 0 saturated heterocycles. The highest BCUT2D eigenvalue weighted by Crippen LogP contribution is 2.30. The van der Waals surface area contributed by atoms with Gasteiger partial charge in [0.1, 0.15) is 17.4 Å². The quantitative estimate of drug-likeness (QED) is 0.338. The minimum absolute atomic E-state index is 0.336. The van der Waals surface area contributed by atoms with Gasteiger partial charge in [0.25, 0.3) is 0 Å². The Bertz CT molecular complexity index is 653. The largest absolute Gasteiger partial charge is 0.458 e. The van der Waals surface area contributed by atoms with Crippen LogP contribution < -0.4 is 4.74 Å². The number of halogens is 5. The predicted molar refractivity (Wildman–Crippen MR) is 76.0 cm³/mol. The van der Waals surface area contributed by atoms with E-state index in [2.05, 4.69) is 6.92 Å². The maximum absolute atomic E-state index is 13.7. The zero-order valence-corrected chi connectivity index (χ0v) is 12.8. The lowest BCUT2D eigenvalue weighted by Crippen LogP contribution is -2.25. The molecule has 130 valence electrons. The summed E-state index contributed by atoms with van der Waals surface area (Å²) in [7, 11) is 0. The van der Waals surface area contributed by atoms with Crippen molar-refractivity contribution in [3.63, 3.8) is 0 Å². The number of benzene rings is 1. The van der Waals surface area contributed by atoms with E-state index in [0.29, 0.717) is 30.9 Å². The van der Waals surface area contributed by atoms with Crippen LogP contribution in [0.25, 0.3) is 0 Å². The molecule has 1 aliphatic rings. The normalized spacial score (nSPS) is 20.9. The van der Waals surface area contributed by atoms with E-state index in [4.69, 9.17) is 4.74 Å². The smallest absolute Gasteiger partial charge is 0.426 e. The Labute approximate surface area is 136 Å². The fourth-order valence-electron chi connectivity index (χ4n) is 2.56. The van der Waals surface area contributed by atoms with Crippen LogP contribution in [0.2, 0.25) is 0 Å². The van der Waals surface area contributed by atoms with Gasteiger partial charge in [-0.25, -0.2) is 8.78 Å². The molecule has 2 nitrogen and oxygen atoms in total. The molecule has 0 unspecified atom stereocenters. The Morgan fingerprint density at radius 1 is 1.12 bits per heavy atom. The molecule has 0 aliphatic heterocycles. The van der Waals surface area contributed by atoms with Crippen molar-refractivity contribution in [3.05, 3.63) is 29.3 Å². The van der Waals surface area contributed by atoms with Crippen molar-refractivity contribution in [3.8, 4) is 17.6 Å². The Balaban J connectivity index is 2.12. The molecule has 1 aliphatic carbocycles. The summed E-state index contributed by atoms with van der Waals surface area (Å²) in [6.45, 7) is 2.08. The topological polar surface area (TPSA) is 26.3 Å². The third-order valence-corrected chi connectivity index (χ3v) is 3.91. The van der Waals surface area contributed by atoms with E-state index in [1.165, 1.54) is 5.92 Å². The summed E-state index contributed by atoms with van der Waals surface area (Å²) in [6, 6.07) is 1.32. The lowest BCUT2D eigenvalue weighted by Gasteiger charge is -2.24. The van der Waals surface area contributed by atoms with Crippen molar-refractivity contribution in [1.82, 2.24) is 0 Å². The van der Waals surface area contributed by atoms with Crippen molar-refractivity contribution in [2.75, 3.05) is 0 Å². The molecule has 0 heterocycles. The molecule has 1 fully saturated rings. The monoisotopic (exact) mass is 346 g/mol. The Morgan fingerprint density at radius 3 is 2.17 bits per heavy atom. The number of alkyl halides is 3. The van der Waals surface area contributed by atoms with Crippen molar-refractivity contribution in [1.29, 1.82) is 0 Å². The van der Waals surface area contributed by atoms with Gasteiger partial charge in [-0.05, 0) is 31.6 Å². The van der Waals surface area contributed by atoms with Crippen LogP contribution in [0.5, 0.6) is 5.75 Å². The first-order chi connectivity index (χ1) is 11.2. The summed E-state index contributed by atoms with van der Waals surface area (Å²) in [4.78, 5) is 12.0. The molecule has 1 saturated carbocycles. The van der Waals surface area contributed by atoms with Gasteiger partial charge in [-0.2, -0.15) is 13.2 Å². The van der Waals surface area contributed by atoms with Gasteiger partial charge in [-0.15, -0.1) is 0 Å². The van der Waals surface area contributed by atoms with E-state index >= 15 is 0 Å². The molecule has 24 heavy (non-hydrogen) atoms. The van der Waals surface area contributed by atoms with E-state index in [0.717, 1.165) is 18.8 Å². The van der Waals surface area contributed by atoms with E-state index in [1.54, 1.807) is 0 Å². The number of esters is 1. The van der Waals surface area contributed by atoms with E-state index in [9.17, 15) is 26.7 Å². The lowest BCUT2D eigenvalue weighted by atomic mass is 9.83. The van der Waals surface area contributed by atoms with Crippen molar-refractivity contribution >= 4 is 5.97 Å². The zero-order chi connectivity index (χ0) is 17.9. The first kappa shape index (κ1) is 18.2. The summed E-state index contributed by atoms with van der Waals surface area (Å²) in [5.74, 6) is -1.21. The van der Waals surface area contributed by atoms with E-state index in [1.807, 2.05) is 0 Å². The van der Waals surface area contributed by atoms with Gasteiger partial charge in [0.15, 0.2) is 0 Å². The first-order valence-corrected chi connectivity index (χ1v) is 7.46. The van der Waals surface area contributed by atoms with Gasteiger partial charge in [-0.3, -0.25) is 4.79 Å². The highest BCUT2D eigenvalue weighted by atomic mass is 19.4.